The van der Waals surface area contributed by atoms with Gasteiger partial charge >= 0.3 is 0 Å². The summed E-state index contributed by atoms with van der Waals surface area (Å²) in [5.41, 5.74) is 2.76. The molecule has 1 N–H and O–H groups in total. The predicted octanol–water partition coefficient (Wildman–Crippen LogP) is 3.61. The van der Waals surface area contributed by atoms with Crippen LogP contribution in [0.3, 0.4) is 0 Å². The number of benzene rings is 1. The monoisotopic (exact) mass is 290 g/mol. The van der Waals surface area contributed by atoms with Crippen LogP contribution < -0.4 is 10.2 Å². The van der Waals surface area contributed by atoms with Gasteiger partial charge in [0.15, 0.2) is 0 Å². The molecule has 0 saturated carbocycles. The molecular weight excluding hydrogens is 260 g/mol. The van der Waals surface area contributed by atoms with Gasteiger partial charge in [0.25, 0.3) is 0 Å². The zero-order valence-corrected chi connectivity index (χ0v) is 13.8. The van der Waals surface area contributed by atoms with Gasteiger partial charge in [0.2, 0.25) is 0 Å². The lowest BCUT2D eigenvalue weighted by Crippen LogP contribution is -2.31. The minimum Gasteiger partial charge on any atom is -0.381 e. The van der Waals surface area contributed by atoms with E-state index in [2.05, 4.69) is 55.4 Å². The fraction of sp³-hybridized carbons (Fsp3) is 0.667. The van der Waals surface area contributed by atoms with Gasteiger partial charge in [0.05, 0.1) is 0 Å². The van der Waals surface area contributed by atoms with E-state index in [4.69, 9.17) is 4.74 Å². The number of rotatable bonds is 7. The Morgan fingerprint density at radius 3 is 2.71 bits per heavy atom. The number of hydrogen-bond donors (Lipinski definition) is 1. The minimum absolute atomic E-state index is 0.401. The second-order valence-electron chi connectivity index (χ2n) is 6.17. The van der Waals surface area contributed by atoms with E-state index in [1.807, 2.05) is 0 Å². The molecule has 0 radical (unpaired) electrons. The summed E-state index contributed by atoms with van der Waals surface area (Å²) >= 11 is 0. The van der Waals surface area contributed by atoms with Gasteiger partial charge in [0.1, 0.15) is 0 Å². The van der Waals surface area contributed by atoms with Crippen LogP contribution in [0.4, 0.5) is 5.69 Å². The topological polar surface area (TPSA) is 24.5 Å². The number of ether oxygens (including phenoxy) is 1. The van der Waals surface area contributed by atoms with Crippen molar-refractivity contribution in [2.45, 2.75) is 39.2 Å². The molecule has 1 heterocycles. The fourth-order valence-electron chi connectivity index (χ4n) is 3.09. The van der Waals surface area contributed by atoms with Crippen LogP contribution in [0.2, 0.25) is 0 Å². The van der Waals surface area contributed by atoms with Crippen LogP contribution in [-0.2, 0) is 4.74 Å². The van der Waals surface area contributed by atoms with E-state index in [-0.39, 0.29) is 0 Å². The summed E-state index contributed by atoms with van der Waals surface area (Å²) in [6.45, 7) is 8.52. The maximum atomic E-state index is 5.46. The molecule has 3 heteroatoms. The standard InChI is InChI=1S/C18H30N2O/c1-4-11-19-15(2)17-7-5-6-8-18(17)20(3)14-16-9-12-21-13-10-16/h5-8,15-16,19H,4,9-14H2,1-3H3. The van der Waals surface area contributed by atoms with E-state index < -0.39 is 0 Å². The first kappa shape index (κ1) is 16.3. The Labute approximate surface area is 129 Å². The van der Waals surface area contributed by atoms with Crippen molar-refractivity contribution in [1.82, 2.24) is 5.32 Å². The highest BCUT2D eigenvalue weighted by Crippen LogP contribution is 2.27. The molecule has 21 heavy (non-hydrogen) atoms. The molecule has 0 amide bonds. The van der Waals surface area contributed by atoms with E-state index in [0.717, 1.165) is 32.2 Å². The molecule has 0 bridgehead atoms. The lowest BCUT2D eigenvalue weighted by molar-refractivity contribution is 0.0685. The van der Waals surface area contributed by atoms with Crippen LogP contribution in [0, 0.1) is 5.92 Å². The van der Waals surface area contributed by atoms with Gasteiger partial charge in [-0.3, -0.25) is 0 Å². The second-order valence-corrected chi connectivity index (χ2v) is 6.17. The predicted molar refractivity (Wildman–Crippen MR) is 90.0 cm³/mol. The highest BCUT2D eigenvalue weighted by atomic mass is 16.5. The molecule has 1 fully saturated rings. The zero-order valence-electron chi connectivity index (χ0n) is 13.8. The van der Waals surface area contributed by atoms with E-state index in [0.29, 0.717) is 6.04 Å². The molecule has 0 spiro atoms. The molecule has 1 aliphatic rings. The first-order valence-electron chi connectivity index (χ1n) is 8.33. The Morgan fingerprint density at radius 2 is 2.00 bits per heavy atom. The van der Waals surface area contributed by atoms with Crippen molar-refractivity contribution in [3.8, 4) is 0 Å². The number of hydrogen-bond acceptors (Lipinski definition) is 3. The van der Waals surface area contributed by atoms with Crippen LogP contribution in [0.15, 0.2) is 24.3 Å². The Bertz CT molecular complexity index is 415. The first-order chi connectivity index (χ1) is 10.2. The molecule has 3 nitrogen and oxygen atoms in total. The van der Waals surface area contributed by atoms with E-state index in [1.165, 1.54) is 30.5 Å². The van der Waals surface area contributed by atoms with Gasteiger partial charge in [-0.2, -0.15) is 0 Å². The number of nitrogens with zero attached hydrogens (tertiary/aromatic N) is 1. The number of nitrogens with one attached hydrogen (secondary N) is 1. The Hall–Kier alpha value is -1.06. The van der Waals surface area contributed by atoms with Crippen molar-refractivity contribution in [1.29, 1.82) is 0 Å². The van der Waals surface area contributed by atoms with Crippen molar-refractivity contribution in [2.24, 2.45) is 5.92 Å². The quantitative estimate of drug-likeness (QED) is 0.830. The third-order valence-corrected chi connectivity index (χ3v) is 4.39. The van der Waals surface area contributed by atoms with Crippen LogP contribution in [-0.4, -0.2) is 33.4 Å². The smallest absolute Gasteiger partial charge is 0.0469 e. The molecular formula is C18H30N2O. The summed E-state index contributed by atoms with van der Waals surface area (Å²) < 4.78 is 5.46. The minimum atomic E-state index is 0.401. The molecule has 1 unspecified atom stereocenters. The van der Waals surface area contributed by atoms with Crippen molar-refractivity contribution >= 4 is 5.69 Å². The molecule has 118 valence electrons. The van der Waals surface area contributed by atoms with Crippen molar-refractivity contribution in [3.05, 3.63) is 29.8 Å². The van der Waals surface area contributed by atoms with Crippen LogP contribution in [0.1, 0.15) is 44.7 Å². The van der Waals surface area contributed by atoms with Crippen LogP contribution in [0.5, 0.6) is 0 Å². The molecule has 1 aliphatic heterocycles. The number of anilines is 1. The Kier molecular flexibility index (Phi) is 6.52. The summed E-state index contributed by atoms with van der Waals surface area (Å²) in [5.74, 6) is 0.760. The fourth-order valence-corrected chi connectivity index (χ4v) is 3.09. The van der Waals surface area contributed by atoms with Gasteiger partial charge in [-0.05, 0) is 50.3 Å². The molecule has 1 aromatic rings. The highest BCUT2D eigenvalue weighted by Gasteiger charge is 2.18. The maximum absolute atomic E-state index is 5.46. The van der Waals surface area contributed by atoms with Gasteiger partial charge in [0, 0.05) is 38.5 Å². The molecule has 2 rings (SSSR count). The van der Waals surface area contributed by atoms with E-state index in [9.17, 15) is 0 Å². The third-order valence-electron chi connectivity index (χ3n) is 4.39. The van der Waals surface area contributed by atoms with Gasteiger partial charge in [-0.1, -0.05) is 25.1 Å². The Morgan fingerprint density at radius 1 is 1.29 bits per heavy atom. The van der Waals surface area contributed by atoms with Gasteiger partial charge < -0.3 is 15.0 Å². The molecule has 1 aromatic carbocycles. The zero-order chi connectivity index (χ0) is 15.1. The molecule has 1 atom stereocenters. The SMILES string of the molecule is CCCNC(C)c1ccccc1N(C)CC1CCOCC1. The van der Waals surface area contributed by atoms with Crippen molar-refractivity contribution in [2.75, 3.05) is 38.3 Å². The van der Waals surface area contributed by atoms with Crippen molar-refractivity contribution < 1.29 is 4.74 Å². The average Bonchev–Trinajstić information content (AvgIpc) is 2.53. The van der Waals surface area contributed by atoms with Crippen molar-refractivity contribution in [3.63, 3.8) is 0 Å². The molecule has 1 saturated heterocycles. The largest absolute Gasteiger partial charge is 0.381 e. The summed E-state index contributed by atoms with van der Waals surface area (Å²) in [7, 11) is 2.22. The van der Waals surface area contributed by atoms with Crippen LogP contribution >= 0.6 is 0 Å². The first-order valence-corrected chi connectivity index (χ1v) is 8.33. The van der Waals surface area contributed by atoms with Gasteiger partial charge in [-0.25, -0.2) is 0 Å². The van der Waals surface area contributed by atoms with E-state index >= 15 is 0 Å². The summed E-state index contributed by atoms with van der Waals surface area (Å²) in [5, 5.41) is 3.60. The molecule has 0 aromatic heterocycles. The number of para-hydroxylation sites is 1. The van der Waals surface area contributed by atoms with Gasteiger partial charge in [-0.15, -0.1) is 0 Å². The summed E-state index contributed by atoms with van der Waals surface area (Å²) in [6, 6.07) is 9.19. The third kappa shape index (κ3) is 4.72. The lowest BCUT2D eigenvalue weighted by atomic mass is 9.98. The van der Waals surface area contributed by atoms with E-state index in [1.54, 1.807) is 0 Å². The highest BCUT2D eigenvalue weighted by molar-refractivity contribution is 5.54. The summed E-state index contributed by atoms with van der Waals surface area (Å²) in [4.78, 5) is 2.43. The summed E-state index contributed by atoms with van der Waals surface area (Å²) in [6.07, 6.45) is 3.55. The lowest BCUT2D eigenvalue weighted by Gasteiger charge is -2.31. The average molecular weight is 290 g/mol. The Balaban J connectivity index is 2.03. The second kappa shape index (κ2) is 8.40. The normalized spacial score (nSPS) is 17.7. The van der Waals surface area contributed by atoms with Crippen LogP contribution in [0.25, 0.3) is 0 Å². The maximum Gasteiger partial charge on any atom is 0.0469 e. The molecule has 0 aliphatic carbocycles.